The molecule has 0 aliphatic carbocycles. The SMILES string of the molecule is Cc1cc(=O)c2ccccc2c(=O)n1C(C)C. The number of hydrogen-bond acceptors (Lipinski definition) is 2. The largest absolute Gasteiger partial charge is 0.310 e. The van der Waals surface area contributed by atoms with Crippen LogP contribution in [-0.4, -0.2) is 4.57 Å². The summed E-state index contributed by atoms with van der Waals surface area (Å²) in [5.41, 5.74) is 0.496. The second-order valence-corrected chi connectivity index (χ2v) is 4.46. The zero-order chi connectivity index (χ0) is 12.6. The molecule has 3 nitrogen and oxygen atoms in total. The van der Waals surface area contributed by atoms with Crippen LogP contribution < -0.4 is 11.0 Å². The first-order valence-corrected chi connectivity index (χ1v) is 5.67. The van der Waals surface area contributed by atoms with Crippen LogP contribution in [-0.2, 0) is 0 Å². The summed E-state index contributed by atoms with van der Waals surface area (Å²) in [4.78, 5) is 24.3. The molecule has 0 N–H and O–H groups in total. The fourth-order valence-electron chi connectivity index (χ4n) is 2.15. The van der Waals surface area contributed by atoms with Gasteiger partial charge in [0, 0.05) is 23.2 Å². The van der Waals surface area contributed by atoms with Gasteiger partial charge in [-0.2, -0.15) is 0 Å². The second-order valence-electron chi connectivity index (χ2n) is 4.46. The molecule has 0 radical (unpaired) electrons. The van der Waals surface area contributed by atoms with Crippen molar-refractivity contribution in [2.75, 3.05) is 0 Å². The Morgan fingerprint density at radius 3 is 2.24 bits per heavy atom. The molecule has 1 aromatic carbocycles. The molecule has 2 aromatic rings. The van der Waals surface area contributed by atoms with Crippen LogP contribution in [0.15, 0.2) is 39.9 Å². The standard InChI is InChI=1S/C14H15NO2/c1-9(2)15-10(3)8-13(16)11-6-4-5-7-12(11)14(15)17/h4-9H,1-3H3. The van der Waals surface area contributed by atoms with Crippen LogP contribution in [0, 0.1) is 6.92 Å². The van der Waals surface area contributed by atoms with Gasteiger partial charge in [0.25, 0.3) is 5.56 Å². The van der Waals surface area contributed by atoms with Crippen LogP contribution in [0.2, 0.25) is 0 Å². The number of fused-ring (bicyclic) bond motifs is 1. The number of aryl methyl sites for hydroxylation is 1. The first-order valence-electron chi connectivity index (χ1n) is 5.67. The molecule has 0 spiro atoms. The normalized spacial score (nSPS) is 11.1. The fraction of sp³-hybridized carbons (Fsp3) is 0.286. The highest BCUT2D eigenvalue weighted by molar-refractivity contribution is 5.80. The van der Waals surface area contributed by atoms with Crippen molar-refractivity contribution in [3.8, 4) is 0 Å². The summed E-state index contributed by atoms with van der Waals surface area (Å²) in [7, 11) is 0. The monoisotopic (exact) mass is 229 g/mol. The number of benzene rings is 1. The summed E-state index contributed by atoms with van der Waals surface area (Å²) < 4.78 is 1.66. The van der Waals surface area contributed by atoms with Crippen LogP contribution in [0.5, 0.6) is 0 Å². The second kappa shape index (κ2) is 4.17. The number of rotatable bonds is 1. The van der Waals surface area contributed by atoms with Crippen molar-refractivity contribution < 1.29 is 0 Å². The molecule has 0 bridgehead atoms. The Morgan fingerprint density at radius 2 is 1.65 bits per heavy atom. The minimum atomic E-state index is -0.102. The Balaban J connectivity index is 3.13. The molecule has 0 saturated carbocycles. The van der Waals surface area contributed by atoms with E-state index < -0.39 is 0 Å². The molecule has 0 amide bonds. The van der Waals surface area contributed by atoms with Gasteiger partial charge < -0.3 is 4.57 Å². The first-order chi connectivity index (χ1) is 8.02. The van der Waals surface area contributed by atoms with Crippen LogP contribution in [0.1, 0.15) is 25.6 Å². The van der Waals surface area contributed by atoms with E-state index in [0.29, 0.717) is 16.5 Å². The molecule has 0 aliphatic heterocycles. The maximum atomic E-state index is 12.4. The van der Waals surface area contributed by atoms with Gasteiger partial charge in [0.2, 0.25) is 0 Å². The average molecular weight is 229 g/mol. The Hall–Kier alpha value is -1.90. The number of aromatic nitrogens is 1. The minimum absolute atomic E-state index is 0.0395. The molecule has 0 saturated heterocycles. The van der Waals surface area contributed by atoms with E-state index in [1.807, 2.05) is 13.8 Å². The van der Waals surface area contributed by atoms with Gasteiger partial charge in [-0.3, -0.25) is 9.59 Å². The summed E-state index contributed by atoms with van der Waals surface area (Å²) in [6, 6.07) is 8.53. The lowest BCUT2D eigenvalue weighted by Crippen LogP contribution is -2.21. The van der Waals surface area contributed by atoms with Crippen LogP contribution in [0.3, 0.4) is 0 Å². The summed E-state index contributed by atoms with van der Waals surface area (Å²) in [5, 5.41) is 0.972. The summed E-state index contributed by atoms with van der Waals surface area (Å²) in [6.07, 6.45) is 0. The molecule has 0 aliphatic rings. The van der Waals surface area contributed by atoms with Gasteiger partial charge in [0.1, 0.15) is 0 Å². The molecule has 88 valence electrons. The zero-order valence-corrected chi connectivity index (χ0v) is 10.2. The van der Waals surface area contributed by atoms with Crippen LogP contribution >= 0.6 is 0 Å². The van der Waals surface area contributed by atoms with Crippen molar-refractivity contribution in [2.45, 2.75) is 26.8 Å². The van der Waals surface area contributed by atoms with E-state index in [-0.39, 0.29) is 17.0 Å². The minimum Gasteiger partial charge on any atom is -0.310 e. The molecule has 0 unspecified atom stereocenters. The third-order valence-electron chi connectivity index (χ3n) is 2.88. The predicted molar refractivity (Wildman–Crippen MR) is 69.6 cm³/mol. The summed E-state index contributed by atoms with van der Waals surface area (Å²) >= 11 is 0. The van der Waals surface area contributed by atoms with Gasteiger partial charge in [0.15, 0.2) is 5.43 Å². The van der Waals surface area contributed by atoms with Gasteiger partial charge in [-0.25, -0.2) is 0 Å². The lowest BCUT2D eigenvalue weighted by molar-refractivity contribution is 0.568. The summed E-state index contributed by atoms with van der Waals surface area (Å²) in [6.45, 7) is 5.67. The van der Waals surface area contributed by atoms with Crippen molar-refractivity contribution in [3.63, 3.8) is 0 Å². The Labute approximate surface area is 99.3 Å². The average Bonchev–Trinajstić information content (AvgIpc) is 2.36. The highest BCUT2D eigenvalue weighted by Crippen LogP contribution is 2.08. The molecule has 17 heavy (non-hydrogen) atoms. The van der Waals surface area contributed by atoms with Crippen LogP contribution in [0.25, 0.3) is 10.8 Å². The topological polar surface area (TPSA) is 39.1 Å². The Kier molecular flexibility index (Phi) is 2.84. The molecular weight excluding hydrogens is 214 g/mol. The third-order valence-corrected chi connectivity index (χ3v) is 2.88. The maximum Gasteiger partial charge on any atom is 0.258 e. The van der Waals surface area contributed by atoms with Gasteiger partial charge >= 0.3 is 0 Å². The molecule has 0 atom stereocenters. The van der Waals surface area contributed by atoms with Crippen molar-refractivity contribution in [2.24, 2.45) is 0 Å². The van der Waals surface area contributed by atoms with Gasteiger partial charge in [-0.1, -0.05) is 18.2 Å². The third kappa shape index (κ3) is 1.88. The highest BCUT2D eigenvalue weighted by Gasteiger charge is 2.08. The van der Waals surface area contributed by atoms with Crippen molar-refractivity contribution in [1.82, 2.24) is 4.57 Å². The number of hydrogen-bond donors (Lipinski definition) is 0. The molecule has 3 heteroatoms. The quantitative estimate of drug-likeness (QED) is 0.752. The predicted octanol–water partition coefficient (Wildman–Crippen LogP) is 2.25. The van der Waals surface area contributed by atoms with Crippen molar-refractivity contribution >= 4 is 10.8 Å². The maximum absolute atomic E-state index is 12.4. The van der Waals surface area contributed by atoms with Crippen molar-refractivity contribution in [3.05, 3.63) is 56.6 Å². The Morgan fingerprint density at radius 1 is 1.06 bits per heavy atom. The summed E-state index contributed by atoms with van der Waals surface area (Å²) in [5.74, 6) is 0. The van der Waals surface area contributed by atoms with Gasteiger partial charge in [0.05, 0.1) is 5.39 Å². The fourth-order valence-corrected chi connectivity index (χ4v) is 2.15. The van der Waals surface area contributed by atoms with Gasteiger partial charge in [-0.15, -0.1) is 0 Å². The molecule has 1 heterocycles. The molecule has 0 fully saturated rings. The molecular formula is C14H15NO2. The molecule has 1 aromatic heterocycles. The highest BCUT2D eigenvalue weighted by atomic mass is 16.1. The van der Waals surface area contributed by atoms with E-state index in [2.05, 4.69) is 0 Å². The Bertz CT molecular complexity index is 684. The van der Waals surface area contributed by atoms with E-state index in [0.717, 1.165) is 0 Å². The van der Waals surface area contributed by atoms with Crippen molar-refractivity contribution in [1.29, 1.82) is 0 Å². The zero-order valence-electron chi connectivity index (χ0n) is 10.2. The van der Waals surface area contributed by atoms with E-state index >= 15 is 0 Å². The lowest BCUT2D eigenvalue weighted by atomic mass is 10.2. The number of nitrogens with zero attached hydrogens (tertiary/aromatic N) is 1. The van der Waals surface area contributed by atoms with E-state index in [1.54, 1.807) is 35.8 Å². The first kappa shape index (κ1) is 11.6. The van der Waals surface area contributed by atoms with Gasteiger partial charge in [-0.05, 0) is 26.8 Å². The van der Waals surface area contributed by atoms with Crippen LogP contribution in [0.4, 0.5) is 0 Å². The smallest absolute Gasteiger partial charge is 0.258 e. The van der Waals surface area contributed by atoms with E-state index in [9.17, 15) is 9.59 Å². The molecule has 2 rings (SSSR count). The van der Waals surface area contributed by atoms with E-state index in [1.165, 1.54) is 6.07 Å². The lowest BCUT2D eigenvalue weighted by Gasteiger charge is -2.10. The van der Waals surface area contributed by atoms with E-state index in [4.69, 9.17) is 0 Å².